The Labute approximate surface area is 143 Å². The molecule has 0 spiro atoms. The maximum Gasteiger partial charge on any atom is 0.315 e. The van der Waals surface area contributed by atoms with E-state index in [-0.39, 0.29) is 17.9 Å². The van der Waals surface area contributed by atoms with Gasteiger partial charge in [-0.2, -0.15) is 0 Å². The first-order valence-electron chi connectivity index (χ1n) is 8.68. The predicted octanol–water partition coefficient (Wildman–Crippen LogP) is 2.62. The smallest absolute Gasteiger partial charge is 0.315 e. The number of amides is 2. The van der Waals surface area contributed by atoms with Crippen molar-refractivity contribution in [3.63, 3.8) is 0 Å². The molecule has 1 aliphatic heterocycles. The zero-order valence-corrected chi connectivity index (χ0v) is 14.6. The number of carbonyl (C=O) groups excluding carboxylic acids is 1. The molecule has 1 heterocycles. The van der Waals surface area contributed by atoms with Crippen LogP contribution in [0.4, 0.5) is 9.18 Å². The maximum atomic E-state index is 13.0. The number of hydrogen-bond acceptors (Lipinski definition) is 3. The molecule has 6 heteroatoms. The Kier molecular flexibility index (Phi) is 7.31. The highest BCUT2D eigenvalue weighted by atomic mass is 19.1. The van der Waals surface area contributed by atoms with Gasteiger partial charge >= 0.3 is 6.03 Å². The highest BCUT2D eigenvalue weighted by Crippen LogP contribution is 2.12. The summed E-state index contributed by atoms with van der Waals surface area (Å²) < 4.78 is 18.4. The Hall–Kier alpha value is -1.82. The number of carbonyl (C=O) groups is 1. The van der Waals surface area contributed by atoms with Crippen LogP contribution in [-0.4, -0.2) is 49.8 Å². The molecule has 2 N–H and O–H groups in total. The molecule has 1 fully saturated rings. The van der Waals surface area contributed by atoms with Crippen molar-refractivity contribution >= 4 is 6.03 Å². The molecule has 0 unspecified atom stereocenters. The molecule has 0 saturated carbocycles. The van der Waals surface area contributed by atoms with E-state index >= 15 is 0 Å². The molecule has 1 aliphatic rings. The van der Waals surface area contributed by atoms with E-state index < -0.39 is 0 Å². The molecule has 1 aromatic carbocycles. The van der Waals surface area contributed by atoms with Crippen LogP contribution in [0.1, 0.15) is 26.7 Å². The zero-order valence-electron chi connectivity index (χ0n) is 14.6. The molecule has 0 aromatic heterocycles. The highest BCUT2D eigenvalue weighted by Gasteiger charge is 2.20. The Bertz CT molecular complexity index is 517. The van der Waals surface area contributed by atoms with Crippen molar-refractivity contribution in [2.45, 2.75) is 32.7 Å². The van der Waals surface area contributed by atoms with Gasteiger partial charge in [0.25, 0.3) is 0 Å². The molecule has 2 rings (SSSR count). The van der Waals surface area contributed by atoms with Gasteiger partial charge in [-0.1, -0.05) is 19.9 Å². The molecule has 24 heavy (non-hydrogen) atoms. The van der Waals surface area contributed by atoms with Crippen LogP contribution in [0.2, 0.25) is 0 Å². The Balaban J connectivity index is 1.57. The average Bonchev–Trinajstić information content (AvgIpc) is 2.53. The van der Waals surface area contributed by atoms with Gasteiger partial charge in [-0.25, -0.2) is 9.18 Å². The summed E-state index contributed by atoms with van der Waals surface area (Å²) in [6.45, 7) is 8.33. The molecule has 134 valence electrons. The van der Waals surface area contributed by atoms with Crippen LogP contribution in [0.25, 0.3) is 0 Å². The Morgan fingerprint density at radius 1 is 1.38 bits per heavy atom. The zero-order chi connectivity index (χ0) is 17.4. The van der Waals surface area contributed by atoms with E-state index in [1.807, 2.05) is 0 Å². The first kappa shape index (κ1) is 18.5. The number of benzene rings is 1. The normalized spacial score (nSPS) is 16.2. The number of piperidine rings is 1. The van der Waals surface area contributed by atoms with E-state index in [4.69, 9.17) is 4.74 Å². The van der Waals surface area contributed by atoms with Crippen LogP contribution in [0.5, 0.6) is 5.75 Å². The third kappa shape index (κ3) is 6.74. The largest absolute Gasteiger partial charge is 0.492 e. The van der Waals surface area contributed by atoms with Crippen molar-refractivity contribution < 1.29 is 13.9 Å². The van der Waals surface area contributed by atoms with E-state index in [1.54, 1.807) is 12.1 Å². The number of halogens is 1. The van der Waals surface area contributed by atoms with Gasteiger partial charge in [0.15, 0.2) is 0 Å². The highest BCUT2D eigenvalue weighted by molar-refractivity contribution is 5.74. The standard InChI is InChI=1S/C18H28FN3O2/c1-14(2)13-22-9-6-16(7-10-22)21-18(23)20-8-11-24-17-5-3-4-15(19)12-17/h3-5,12,14,16H,6-11,13H2,1-2H3,(H2,20,21,23). The minimum Gasteiger partial charge on any atom is -0.492 e. The van der Waals surface area contributed by atoms with Crippen LogP contribution in [-0.2, 0) is 0 Å². The second-order valence-corrected chi connectivity index (χ2v) is 6.67. The van der Waals surface area contributed by atoms with Crippen molar-refractivity contribution in [3.8, 4) is 5.75 Å². The van der Waals surface area contributed by atoms with E-state index in [0.29, 0.717) is 24.8 Å². The monoisotopic (exact) mass is 337 g/mol. The molecular formula is C18H28FN3O2. The second-order valence-electron chi connectivity index (χ2n) is 6.67. The summed E-state index contributed by atoms with van der Waals surface area (Å²) in [6.07, 6.45) is 1.97. The lowest BCUT2D eigenvalue weighted by atomic mass is 10.0. The van der Waals surface area contributed by atoms with Crippen molar-refractivity contribution in [1.29, 1.82) is 0 Å². The van der Waals surface area contributed by atoms with Crippen molar-refractivity contribution in [1.82, 2.24) is 15.5 Å². The number of nitrogens with zero attached hydrogens (tertiary/aromatic N) is 1. The lowest BCUT2D eigenvalue weighted by Crippen LogP contribution is -2.48. The van der Waals surface area contributed by atoms with Crippen molar-refractivity contribution in [2.24, 2.45) is 5.92 Å². The molecule has 0 radical (unpaired) electrons. The van der Waals surface area contributed by atoms with Crippen molar-refractivity contribution in [3.05, 3.63) is 30.1 Å². The minimum absolute atomic E-state index is 0.167. The number of urea groups is 1. The minimum atomic E-state index is -0.331. The quantitative estimate of drug-likeness (QED) is 0.752. The summed E-state index contributed by atoms with van der Waals surface area (Å²) in [5.74, 6) is 0.813. The molecule has 1 aromatic rings. The summed E-state index contributed by atoms with van der Waals surface area (Å²) >= 11 is 0. The first-order valence-corrected chi connectivity index (χ1v) is 8.68. The van der Waals surface area contributed by atoms with Crippen LogP contribution in [0.15, 0.2) is 24.3 Å². The summed E-state index contributed by atoms with van der Waals surface area (Å²) in [4.78, 5) is 14.3. The SMILES string of the molecule is CC(C)CN1CCC(NC(=O)NCCOc2cccc(F)c2)CC1. The van der Waals surface area contributed by atoms with Crippen LogP contribution < -0.4 is 15.4 Å². The first-order chi connectivity index (χ1) is 11.5. The van der Waals surface area contributed by atoms with Crippen LogP contribution >= 0.6 is 0 Å². The molecule has 2 amide bonds. The van der Waals surface area contributed by atoms with E-state index in [1.165, 1.54) is 12.1 Å². The van der Waals surface area contributed by atoms with Gasteiger partial charge in [-0.15, -0.1) is 0 Å². The Morgan fingerprint density at radius 2 is 2.12 bits per heavy atom. The lowest BCUT2D eigenvalue weighted by Gasteiger charge is -2.33. The molecule has 0 aliphatic carbocycles. The van der Waals surface area contributed by atoms with E-state index in [0.717, 1.165) is 32.5 Å². The molecule has 0 bridgehead atoms. The molecule has 1 saturated heterocycles. The molecule has 5 nitrogen and oxygen atoms in total. The maximum absolute atomic E-state index is 13.0. The van der Waals surface area contributed by atoms with Gasteiger partial charge in [0.2, 0.25) is 0 Å². The third-order valence-electron chi connectivity index (χ3n) is 4.00. The average molecular weight is 337 g/mol. The number of likely N-dealkylation sites (tertiary alicyclic amines) is 1. The summed E-state index contributed by atoms with van der Waals surface area (Å²) in [7, 11) is 0. The number of ether oxygens (including phenoxy) is 1. The summed E-state index contributed by atoms with van der Waals surface area (Å²) in [5.41, 5.74) is 0. The predicted molar refractivity (Wildman–Crippen MR) is 92.7 cm³/mol. The fraction of sp³-hybridized carbons (Fsp3) is 0.611. The van der Waals surface area contributed by atoms with Crippen molar-refractivity contribution in [2.75, 3.05) is 32.8 Å². The van der Waals surface area contributed by atoms with Crippen LogP contribution in [0.3, 0.4) is 0 Å². The fourth-order valence-electron chi connectivity index (χ4n) is 2.90. The van der Waals surface area contributed by atoms with Gasteiger partial charge in [-0.3, -0.25) is 0 Å². The fourth-order valence-corrected chi connectivity index (χ4v) is 2.90. The van der Waals surface area contributed by atoms with Gasteiger partial charge in [0, 0.05) is 31.7 Å². The summed E-state index contributed by atoms with van der Waals surface area (Å²) in [6, 6.07) is 6.04. The summed E-state index contributed by atoms with van der Waals surface area (Å²) in [5, 5.41) is 5.78. The Morgan fingerprint density at radius 3 is 2.79 bits per heavy atom. The topological polar surface area (TPSA) is 53.6 Å². The van der Waals surface area contributed by atoms with Gasteiger partial charge < -0.3 is 20.3 Å². The number of rotatable bonds is 7. The number of nitrogens with one attached hydrogen (secondary N) is 2. The van der Waals surface area contributed by atoms with E-state index in [2.05, 4.69) is 29.4 Å². The van der Waals surface area contributed by atoms with Gasteiger partial charge in [0.05, 0.1) is 6.54 Å². The second kappa shape index (κ2) is 9.47. The number of hydrogen-bond donors (Lipinski definition) is 2. The molecular weight excluding hydrogens is 309 g/mol. The van der Waals surface area contributed by atoms with E-state index in [9.17, 15) is 9.18 Å². The molecule has 0 atom stereocenters. The van der Waals surface area contributed by atoms with Gasteiger partial charge in [0.1, 0.15) is 18.2 Å². The van der Waals surface area contributed by atoms with Crippen LogP contribution in [0, 0.1) is 11.7 Å². The third-order valence-corrected chi connectivity index (χ3v) is 4.00. The lowest BCUT2D eigenvalue weighted by molar-refractivity contribution is 0.177. The van der Waals surface area contributed by atoms with Gasteiger partial charge in [-0.05, 0) is 30.9 Å².